The van der Waals surface area contributed by atoms with E-state index in [1.807, 2.05) is 6.92 Å². The minimum Gasteiger partial charge on any atom is -0.324 e. The Hall–Kier alpha value is -3.31. The second-order valence-corrected chi connectivity index (χ2v) is 9.05. The fraction of sp³-hybridized carbons (Fsp3) is 0.192. The molecule has 0 radical (unpaired) electrons. The third-order valence-electron chi connectivity index (χ3n) is 5.68. The summed E-state index contributed by atoms with van der Waals surface area (Å²) in [5.74, 6) is 0.999. The molecule has 0 amide bonds. The largest absolute Gasteiger partial charge is 0.324 e. The smallest absolute Gasteiger partial charge is 0.147 e. The van der Waals surface area contributed by atoms with Crippen LogP contribution in [0.1, 0.15) is 23.1 Å². The first-order chi connectivity index (χ1) is 15.0. The zero-order valence-corrected chi connectivity index (χ0v) is 19.0. The molecule has 31 heavy (non-hydrogen) atoms. The fourth-order valence-corrected chi connectivity index (χ4v) is 4.92. The van der Waals surface area contributed by atoms with Crippen LogP contribution in [-0.4, -0.2) is 19.7 Å². The number of aromatic nitrogens is 4. The highest BCUT2D eigenvalue weighted by atomic mass is 32.1. The van der Waals surface area contributed by atoms with Crippen LogP contribution in [0.25, 0.3) is 44.1 Å². The quantitative estimate of drug-likeness (QED) is 0.317. The van der Waals surface area contributed by atoms with Crippen molar-refractivity contribution in [3.63, 3.8) is 0 Å². The van der Waals surface area contributed by atoms with E-state index in [1.165, 1.54) is 22.3 Å². The highest BCUT2D eigenvalue weighted by Gasteiger charge is 2.17. The van der Waals surface area contributed by atoms with E-state index in [0.717, 1.165) is 44.5 Å². The van der Waals surface area contributed by atoms with E-state index >= 15 is 0 Å². The lowest BCUT2D eigenvalue weighted by Crippen LogP contribution is -1.99. The van der Waals surface area contributed by atoms with Crippen molar-refractivity contribution < 1.29 is 0 Å². The molecule has 0 atom stereocenters. The Labute approximate surface area is 186 Å². The number of aryl methyl sites for hydroxylation is 4. The molecule has 2 aromatic heterocycles. The maximum Gasteiger partial charge on any atom is 0.147 e. The third-order valence-corrected chi connectivity index (χ3v) is 6.57. The second kappa shape index (κ2) is 7.75. The highest BCUT2D eigenvalue weighted by Crippen LogP contribution is 2.36. The van der Waals surface area contributed by atoms with Crippen molar-refractivity contribution in [1.82, 2.24) is 19.7 Å². The lowest BCUT2D eigenvalue weighted by atomic mass is 9.94. The van der Waals surface area contributed by atoms with Gasteiger partial charge in [-0.2, -0.15) is 0 Å². The van der Waals surface area contributed by atoms with Crippen molar-refractivity contribution in [3.05, 3.63) is 76.8 Å². The van der Waals surface area contributed by atoms with E-state index in [1.54, 1.807) is 11.3 Å². The van der Waals surface area contributed by atoms with Crippen LogP contribution in [0.3, 0.4) is 0 Å². The van der Waals surface area contributed by atoms with Crippen LogP contribution >= 0.6 is 11.3 Å². The van der Waals surface area contributed by atoms with Crippen LogP contribution in [0.5, 0.6) is 0 Å². The van der Waals surface area contributed by atoms with E-state index in [-0.39, 0.29) is 0 Å². The summed E-state index contributed by atoms with van der Waals surface area (Å²) in [6.07, 6.45) is 0. The molecule has 0 bridgehead atoms. The third kappa shape index (κ3) is 3.45. The maximum atomic E-state index is 5.10. The fourth-order valence-electron chi connectivity index (χ4n) is 4.23. The molecule has 0 N–H and O–H groups in total. The average Bonchev–Trinajstić information content (AvgIpc) is 3.36. The summed E-state index contributed by atoms with van der Waals surface area (Å²) in [6.45, 7) is 9.32. The average molecular weight is 425 g/mol. The lowest BCUT2D eigenvalue weighted by molar-refractivity contribution is 0.796. The van der Waals surface area contributed by atoms with Gasteiger partial charge in [0.15, 0.2) is 0 Å². The SMILES string of the molecule is CCn1c(-c2ccccc2-c2ccc(C)cc2C)nc2cc(-c3nnc(C)s3)ccc21. The maximum absolute atomic E-state index is 5.10. The first kappa shape index (κ1) is 19.6. The van der Waals surface area contributed by atoms with Crippen molar-refractivity contribution in [1.29, 1.82) is 0 Å². The van der Waals surface area contributed by atoms with Gasteiger partial charge in [-0.3, -0.25) is 0 Å². The molecule has 2 heterocycles. The number of nitrogens with zero attached hydrogens (tertiary/aromatic N) is 4. The zero-order chi connectivity index (χ0) is 21.5. The molecule has 3 aromatic carbocycles. The number of hydrogen-bond donors (Lipinski definition) is 0. The van der Waals surface area contributed by atoms with Crippen molar-refractivity contribution in [2.75, 3.05) is 0 Å². The van der Waals surface area contributed by atoms with Gasteiger partial charge in [-0.25, -0.2) is 4.98 Å². The van der Waals surface area contributed by atoms with E-state index in [4.69, 9.17) is 4.98 Å². The topological polar surface area (TPSA) is 43.6 Å². The standard InChI is InChI=1S/C26H24N4S/c1-5-30-24-13-11-19(26-29-28-18(4)31-26)15-23(24)27-25(30)22-9-7-6-8-21(22)20-12-10-16(2)14-17(20)3/h6-15H,5H2,1-4H3. The number of rotatable bonds is 4. The summed E-state index contributed by atoms with van der Waals surface area (Å²) in [4.78, 5) is 5.10. The summed E-state index contributed by atoms with van der Waals surface area (Å²) < 4.78 is 2.30. The molecule has 0 aliphatic heterocycles. The van der Waals surface area contributed by atoms with Gasteiger partial charge in [-0.05, 0) is 62.6 Å². The zero-order valence-electron chi connectivity index (χ0n) is 18.2. The van der Waals surface area contributed by atoms with Crippen LogP contribution in [-0.2, 0) is 6.54 Å². The molecule has 0 aliphatic rings. The molecular formula is C26H24N4S. The van der Waals surface area contributed by atoms with Crippen molar-refractivity contribution in [2.45, 2.75) is 34.2 Å². The summed E-state index contributed by atoms with van der Waals surface area (Å²) in [5.41, 5.74) is 9.36. The Bertz CT molecular complexity index is 1410. The number of benzene rings is 3. The predicted molar refractivity (Wildman–Crippen MR) is 129 cm³/mol. The molecule has 5 rings (SSSR count). The van der Waals surface area contributed by atoms with Gasteiger partial charge in [0.1, 0.15) is 15.8 Å². The van der Waals surface area contributed by atoms with Gasteiger partial charge in [-0.1, -0.05) is 59.4 Å². The number of hydrogen-bond acceptors (Lipinski definition) is 4. The Balaban J connectivity index is 1.70. The van der Waals surface area contributed by atoms with Gasteiger partial charge >= 0.3 is 0 Å². The van der Waals surface area contributed by atoms with Crippen molar-refractivity contribution in [3.8, 4) is 33.1 Å². The molecule has 5 aromatic rings. The molecule has 0 aliphatic carbocycles. The summed E-state index contributed by atoms with van der Waals surface area (Å²) in [5, 5.41) is 10.4. The van der Waals surface area contributed by atoms with E-state index < -0.39 is 0 Å². The predicted octanol–water partition coefficient (Wildman–Crippen LogP) is 6.83. The minimum atomic E-state index is 0.851. The minimum absolute atomic E-state index is 0.851. The Kier molecular flexibility index (Phi) is 4.91. The summed E-state index contributed by atoms with van der Waals surface area (Å²) in [7, 11) is 0. The summed E-state index contributed by atoms with van der Waals surface area (Å²) in [6, 6.07) is 21.6. The van der Waals surface area contributed by atoms with E-state index in [2.05, 4.69) is 96.2 Å². The normalized spacial score (nSPS) is 11.4. The first-order valence-corrected chi connectivity index (χ1v) is 11.3. The number of imidazole rings is 1. The van der Waals surface area contributed by atoms with Crippen molar-refractivity contribution >= 4 is 22.4 Å². The van der Waals surface area contributed by atoms with Crippen LogP contribution in [0.15, 0.2) is 60.7 Å². The Morgan fingerprint density at radius 3 is 2.35 bits per heavy atom. The second-order valence-electron chi connectivity index (χ2n) is 7.87. The molecule has 154 valence electrons. The lowest BCUT2D eigenvalue weighted by Gasteiger charge is -2.14. The van der Waals surface area contributed by atoms with Crippen LogP contribution in [0, 0.1) is 20.8 Å². The molecule has 5 heteroatoms. The van der Waals surface area contributed by atoms with Gasteiger partial charge < -0.3 is 4.57 Å². The molecule has 0 fully saturated rings. The monoisotopic (exact) mass is 424 g/mol. The van der Waals surface area contributed by atoms with Crippen LogP contribution < -0.4 is 0 Å². The van der Waals surface area contributed by atoms with Crippen molar-refractivity contribution in [2.24, 2.45) is 0 Å². The van der Waals surface area contributed by atoms with Gasteiger partial charge in [0.2, 0.25) is 0 Å². The van der Waals surface area contributed by atoms with Gasteiger partial charge in [0.05, 0.1) is 11.0 Å². The van der Waals surface area contributed by atoms with Crippen LogP contribution in [0.2, 0.25) is 0 Å². The Morgan fingerprint density at radius 1 is 0.839 bits per heavy atom. The Morgan fingerprint density at radius 2 is 1.65 bits per heavy atom. The first-order valence-electron chi connectivity index (χ1n) is 10.5. The van der Waals surface area contributed by atoms with E-state index in [9.17, 15) is 0 Å². The number of fused-ring (bicyclic) bond motifs is 1. The van der Waals surface area contributed by atoms with E-state index in [0.29, 0.717) is 0 Å². The molecule has 0 spiro atoms. The molecule has 0 saturated heterocycles. The highest BCUT2D eigenvalue weighted by molar-refractivity contribution is 7.14. The molecule has 0 unspecified atom stereocenters. The molecule has 0 saturated carbocycles. The molecule has 4 nitrogen and oxygen atoms in total. The van der Waals surface area contributed by atoms with Gasteiger partial charge in [-0.15, -0.1) is 10.2 Å². The molecular weight excluding hydrogens is 400 g/mol. The van der Waals surface area contributed by atoms with Crippen LogP contribution in [0.4, 0.5) is 0 Å². The summed E-state index contributed by atoms with van der Waals surface area (Å²) >= 11 is 1.61. The van der Waals surface area contributed by atoms with Gasteiger partial charge in [0, 0.05) is 17.7 Å². The van der Waals surface area contributed by atoms with Gasteiger partial charge in [0.25, 0.3) is 0 Å².